The van der Waals surface area contributed by atoms with Crippen molar-refractivity contribution in [1.82, 2.24) is 4.98 Å². The molecule has 0 unspecified atom stereocenters. The molecule has 0 atom stereocenters. The predicted octanol–water partition coefficient (Wildman–Crippen LogP) is 3.38. The van der Waals surface area contributed by atoms with Gasteiger partial charge in [-0.05, 0) is 24.5 Å². The van der Waals surface area contributed by atoms with Gasteiger partial charge in [-0.15, -0.1) is 0 Å². The van der Waals surface area contributed by atoms with E-state index < -0.39 is 5.97 Å². The summed E-state index contributed by atoms with van der Waals surface area (Å²) in [6.45, 7) is 5.94. The van der Waals surface area contributed by atoms with E-state index >= 15 is 0 Å². The molecule has 0 fully saturated rings. The molecule has 1 aliphatic rings. The Balaban J connectivity index is 1.64. The van der Waals surface area contributed by atoms with Gasteiger partial charge in [-0.25, -0.2) is 4.98 Å². The molecule has 138 valence electrons. The third-order valence-corrected chi connectivity index (χ3v) is 4.38. The van der Waals surface area contributed by atoms with E-state index in [0.717, 1.165) is 29.8 Å². The van der Waals surface area contributed by atoms with Crippen molar-refractivity contribution in [3.8, 4) is 0 Å². The first kappa shape index (κ1) is 18.2. The van der Waals surface area contributed by atoms with E-state index in [2.05, 4.69) is 4.98 Å². The lowest BCUT2D eigenvalue weighted by atomic mass is 9.93. The Morgan fingerprint density at radius 3 is 2.77 bits per heavy atom. The van der Waals surface area contributed by atoms with Gasteiger partial charge >= 0.3 is 5.97 Å². The van der Waals surface area contributed by atoms with Gasteiger partial charge in [0.15, 0.2) is 6.61 Å². The average Bonchev–Trinajstić information content (AvgIpc) is 3.02. The fourth-order valence-corrected chi connectivity index (χ4v) is 2.90. The lowest BCUT2D eigenvalue weighted by Gasteiger charge is -2.21. The Morgan fingerprint density at radius 1 is 1.27 bits per heavy atom. The molecule has 0 bridgehead atoms. The van der Waals surface area contributed by atoms with Gasteiger partial charge in [0.05, 0.1) is 5.69 Å². The number of aryl methyl sites for hydroxylation is 1. The summed E-state index contributed by atoms with van der Waals surface area (Å²) in [5.41, 5.74) is 2.54. The molecule has 1 aliphatic heterocycles. The lowest BCUT2D eigenvalue weighted by molar-refractivity contribution is -0.144. The second-order valence-electron chi connectivity index (χ2n) is 7.50. The van der Waals surface area contributed by atoms with Gasteiger partial charge in [0.2, 0.25) is 11.8 Å². The average molecular weight is 356 g/mol. The number of esters is 1. The summed E-state index contributed by atoms with van der Waals surface area (Å²) in [4.78, 5) is 30.5. The fourth-order valence-electron chi connectivity index (χ4n) is 2.90. The van der Waals surface area contributed by atoms with Crippen molar-refractivity contribution in [3.05, 3.63) is 47.7 Å². The molecule has 0 N–H and O–H groups in total. The normalized spacial score (nSPS) is 14.7. The van der Waals surface area contributed by atoms with Crippen molar-refractivity contribution in [2.24, 2.45) is 0 Å². The number of hydrogen-bond donors (Lipinski definition) is 0. The predicted molar refractivity (Wildman–Crippen MR) is 96.7 cm³/mol. The molecule has 1 aromatic carbocycles. The Kier molecular flexibility index (Phi) is 5.11. The van der Waals surface area contributed by atoms with Gasteiger partial charge in [-0.3, -0.25) is 9.59 Å². The Hall–Kier alpha value is -2.63. The number of fused-ring (bicyclic) bond motifs is 1. The molecule has 6 heteroatoms. The third kappa shape index (κ3) is 4.12. The van der Waals surface area contributed by atoms with Crippen molar-refractivity contribution in [2.45, 2.75) is 52.1 Å². The SMILES string of the molecule is CC(C)(C)c1coc(COC(=O)CN2C(=O)CCCc3ccccc32)n1. The van der Waals surface area contributed by atoms with Gasteiger partial charge in [0.25, 0.3) is 0 Å². The van der Waals surface area contributed by atoms with Crippen LogP contribution in [0.4, 0.5) is 5.69 Å². The summed E-state index contributed by atoms with van der Waals surface area (Å²) < 4.78 is 10.6. The molecular weight excluding hydrogens is 332 g/mol. The van der Waals surface area contributed by atoms with Crippen molar-refractivity contribution >= 4 is 17.6 Å². The summed E-state index contributed by atoms with van der Waals surface area (Å²) in [7, 11) is 0. The van der Waals surface area contributed by atoms with Crippen LogP contribution in [0.1, 0.15) is 50.8 Å². The highest BCUT2D eigenvalue weighted by molar-refractivity contribution is 5.98. The minimum Gasteiger partial charge on any atom is -0.454 e. The monoisotopic (exact) mass is 356 g/mol. The number of para-hydroxylation sites is 1. The van der Waals surface area contributed by atoms with E-state index in [1.54, 1.807) is 6.26 Å². The first-order valence-electron chi connectivity index (χ1n) is 8.83. The molecule has 26 heavy (non-hydrogen) atoms. The topological polar surface area (TPSA) is 72.6 Å². The van der Waals surface area contributed by atoms with Crippen LogP contribution in [0, 0.1) is 0 Å². The maximum absolute atomic E-state index is 12.4. The number of carbonyl (C=O) groups excluding carboxylic acids is 2. The van der Waals surface area contributed by atoms with Crippen molar-refractivity contribution in [3.63, 3.8) is 0 Å². The van der Waals surface area contributed by atoms with E-state index in [1.165, 1.54) is 4.90 Å². The molecule has 2 aromatic rings. The number of ether oxygens (including phenoxy) is 1. The number of hydrogen-bond acceptors (Lipinski definition) is 5. The van der Waals surface area contributed by atoms with Crippen LogP contribution in [0.2, 0.25) is 0 Å². The summed E-state index contributed by atoms with van der Waals surface area (Å²) in [5.74, 6) is -0.186. The highest BCUT2D eigenvalue weighted by Crippen LogP contribution is 2.26. The number of nitrogens with zero attached hydrogens (tertiary/aromatic N) is 2. The quantitative estimate of drug-likeness (QED) is 0.785. The highest BCUT2D eigenvalue weighted by atomic mass is 16.5. The minimum absolute atomic E-state index is 0.0431. The van der Waals surface area contributed by atoms with Crippen LogP contribution < -0.4 is 4.90 Å². The van der Waals surface area contributed by atoms with Crippen LogP contribution in [0.3, 0.4) is 0 Å². The zero-order valence-electron chi connectivity index (χ0n) is 15.4. The fraction of sp³-hybridized carbons (Fsp3) is 0.450. The van der Waals surface area contributed by atoms with Crippen molar-refractivity contribution in [2.75, 3.05) is 11.4 Å². The zero-order chi connectivity index (χ0) is 18.7. The van der Waals surface area contributed by atoms with Crippen LogP contribution in [0.15, 0.2) is 34.9 Å². The van der Waals surface area contributed by atoms with Crippen LogP contribution in [0.5, 0.6) is 0 Å². The molecule has 0 aliphatic carbocycles. The number of oxazole rings is 1. The van der Waals surface area contributed by atoms with E-state index in [1.807, 2.05) is 45.0 Å². The number of carbonyl (C=O) groups is 2. The number of anilines is 1. The second-order valence-corrected chi connectivity index (χ2v) is 7.50. The van der Waals surface area contributed by atoms with Crippen molar-refractivity contribution in [1.29, 1.82) is 0 Å². The molecule has 0 saturated carbocycles. The molecule has 1 amide bonds. The summed E-state index contributed by atoms with van der Waals surface area (Å²) >= 11 is 0. The Morgan fingerprint density at radius 2 is 2.04 bits per heavy atom. The van der Waals surface area contributed by atoms with Crippen LogP contribution >= 0.6 is 0 Å². The molecular formula is C20H24N2O4. The number of amides is 1. The van der Waals surface area contributed by atoms with Crippen LogP contribution in [-0.2, 0) is 32.8 Å². The van der Waals surface area contributed by atoms with E-state index in [-0.39, 0.29) is 24.5 Å². The van der Waals surface area contributed by atoms with E-state index in [9.17, 15) is 9.59 Å². The molecule has 6 nitrogen and oxygen atoms in total. The van der Waals surface area contributed by atoms with Crippen LogP contribution in [0.25, 0.3) is 0 Å². The lowest BCUT2D eigenvalue weighted by Crippen LogP contribution is -2.36. The standard InChI is InChI=1S/C20H24N2O4/c1-20(2,3)16-12-25-17(21-16)13-26-19(24)11-22-15-9-5-4-7-14(15)8-6-10-18(22)23/h4-5,7,9,12H,6,8,10-11,13H2,1-3H3. The smallest absolute Gasteiger partial charge is 0.326 e. The van der Waals surface area contributed by atoms with Crippen molar-refractivity contribution < 1.29 is 18.7 Å². The summed E-state index contributed by atoms with van der Waals surface area (Å²) in [6, 6.07) is 7.68. The first-order chi connectivity index (χ1) is 12.3. The zero-order valence-corrected chi connectivity index (χ0v) is 15.4. The largest absolute Gasteiger partial charge is 0.454 e. The summed E-state index contributed by atoms with van der Waals surface area (Å²) in [5, 5.41) is 0. The van der Waals surface area contributed by atoms with Gasteiger partial charge < -0.3 is 14.1 Å². The maximum atomic E-state index is 12.4. The maximum Gasteiger partial charge on any atom is 0.326 e. The first-order valence-corrected chi connectivity index (χ1v) is 8.83. The molecule has 0 saturated heterocycles. The molecule has 0 radical (unpaired) electrons. The van der Waals surface area contributed by atoms with Gasteiger partial charge in [-0.1, -0.05) is 39.0 Å². The number of benzene rings is 1. The molecule has 3 rings (SSSR count). The van der Waals surface area contributed by atoms with Gasteiger partial charge in [0.1, 0.15) is 12.8 Å². The van der Waals surface area contributed by atoms with Gasteiger partial charge in [-0.2, -0.15) is 0 Å². The third-order valence-electron chi connectivity index (χ3n) is 4.38. The number of rotatable bonds is 4. The van der Waals surface area contributed by atoms with Gasteiger partial charge in [0, 0.05) is 17.5 Å². The Labute approximate surface area is 153 Å². The van der Waals surface area contributed by atoms with E-state index in [4.69, 9.17) is 9.15 Å². The number of aromatic nitrogens is 1. The molecule has 0 spiro atoms. The van der Waals surface area contributed by atoms with Crippen LogP contribution in [-0.4, -0.2) is 23.4 Å². The molecule has 2 heterocycles. The Bertz CT molecular complexity index is 804. The summed E-state index contributed by atoms with van der Waals surface area (Å²) in [6.07, 6.45) is 3.63. The second kappa shape index (κ2) is 7.32. The van der Waals surface area contributed by atoms with E-state index in [0.29, 0.717) is 12.3 Å². The minimum atomic E-state index is -0.481. The molecule has 1 aromatic heterocycles. The highest BCUT2D eigenvalue weighted by Gasteiger charge is 2.25.